The molecule has 1 fully saturated rings. The van der Waals surface area contributed by atoms with E-state index in [9.17, 15) is 9.90 Å². The molecule has 4 aromatic rings. The van der Waals surface area contributed by atoms with Crippen LogP contribution in [0.4, 0.5) is 0 Å². The molecule has 0 aromatic heterocycles. The third kappa shape index (κ3) is 14.1. The maximum absolute atomic E-state index is 10.8. The van der Waals surface area contributed by atoms with Crippen LogP contribution in [0.1, 0.15) is 12.5 Å². The molecule has 0 amide bonds. The van der Waals surface area contributed by atoms with E-state index in [2.05, 4.69) is 110 Å². The van der Waals surface area contributed by atoms with Gasteiger partial charge >= 0.3 is 28.4 Å². The van der Waals surface area contributed by atoms with Crippen LogP contribution in [0.2, 0.25) is 0 Å². The summed E-state index contributed by atoms with van der Waals surface area (Å²) >= 11 is 0. The minimum absolute atomic E-state index is 0. The second-order valence-electron chi connectivity index (χ2n) is 9.32. The van der Waals surface area contributed by atoms with Gasteiger partial charge in [0.25, 0.3) is 0 Å². The second kappa shape index (κ2) is 24.2. The van der Waals surface area contributed by atoms with E-state index in [0.717, 1.165) is 5.56 Å². The van der Waals surface area contributed by atoms with Gasteiger partial charge in [0, 0.05) is 18.7 Å². The van der Waals surface area contributed by atoms with Crippen LogP contribution in [0.25, 0.3) is 0 Å². The van der Waals surface area contributed by atoms with Crippen molar-refractivity contribution in [1.82, 2.24) is 5.32 Å². The molecule has 3 atom stereocenters. The van der Waals surface area contributed by atoms with Crippen molar-refractivity contribution in [2.24, 2.45) is 5.92 Å². The Kier molecular flexibility index (Phi) is 21.4. The average molecular weight is 644 g/mol. The molecule has 4 nitrogen and oxygen atoms in total. The van der Waals surface area contributed by atoms with Gasteiger partial charge in [-0.2, -0.15) is 0 Å². The predicted octanol–water partition coefficient (Wildman–Crippen LogP) is 5.86. The molecule has 5 rings (SSSR count). The van der Waals surface area contributed by atoms with Crippen LogP contribution in [0.5, 0.6) is 0 Å². The van der Waals surface area contributed by atoms with Gasteiger partial charge in [0.2, 0.25) is 0 Å². The summed E-state index contributed by atoms with van der Waals surface area (Å²) in [5, 5.41) is 16.8. The number of benzene rings is 4. The Labute approximate surface area is 276 Å². The predicted molar refractivity (Wildman–Crippen MR) is 179 cm³/mol. The monoisotopic (exact) mass is 643 g/mol. The molecule has 0 heterocycles. The standard InChI is InChI=1S/C18H15P.C14H18NO2.C5H5.CO.Fe/c1-4-10-16(11-5-1)19(17-12-6-2-7-13-17)18-14-8-3-9-15-18;1-3-14(13(10-16)11(2)17)15-9-12-7-5-4-6-8-12;1-2-4-5-3-1;1-2;/h1-15H;3-8,11,13-15,17H,1,9H2,2H3;1-5H;;/q;-1;;;+2/t;11-,13+,14+;;;/m.1.../s1. The van der Waals surface area contributed by atoms with Crippen LogP contribution >= 0.6 is 7.92 Å². The van der Waals surface area contributed by atoms with E-state index < -0.39 is 19.9 Å². The molecule has 5 radical (unpaired) electrons. The topological polar surface area (TPSA) is 69.2 Å². The number of hydrogen-bond donors (Lipinski definition) is 2. The molecule has 1 saturated carbocycles. The van der Waals surface area contributed by atoms with E-state index in [1.807, 2.05) is 68.7 Å². The fourth-order valence-corrected chi connectivity index (χ4v) is 6.46. The zero-order chi connectivity index (χ0) is 31.1. The molecule has 44 heavy (non-hydrogen) atoms. The van der Waals surface area contributed by atoms with Crippen LogP contribution in [0, 0.1) is 44.7 Å². The molecule has 0 spiro atoms. The summed E-state index contributed by atoms with van der Waals surface area (Å²) in [6.45, 7) is 10.4. The smallest absolute Gasteiger partial charge is 0.0622 e. The summed E-state index contributed by atoms with van der Waals surface area (Å²) in [4.78, 5) is 10.8. The van der Waals surface area contributed by atoms with Crippen molar-refractivity contribution in [3.05, 3.63) is 178 Å². The Balaban J connectivity index is 0.000000357. The second-order valence-corrected chi connectivity index (χ2v) is 11.5. The van der Waals surface area contributed by atoms with Crippen LogP contribution in [0.3, 0.4) is 0 Å². The van der Waals surface area contributed by atoms with Crippen molar-refractivity contribution in [2.75, 3.05) is 0 Å². The molecule has 0 unspecified atom stereocenters. The molecule has 1 aliphatic rings. The maximum atomic E-state index is 10.8. The summed E-state index contributed by atoms with van der Waals surface area (Å²) in [5.74, 6) is -0.587. The Morgan fingerprint density at radius 3 is 1.39 bits per heavy atom. The Bertz CT molecular complexity index is 1180. The number of nitrogens with one attached hydrogen (secondary N) is 1. The van der Waals surface area contributed by atoms with E-state index in [4.69, 9.17) is 4.65 Å². The van der Waals surface area contributed by atoms with Crippen molar-refractivity contribution in [3.8, 4) is 0 Å². The van der Waals surface area contributed by atoms with Crippen LogP contribution in [-0.4, -0.2) is 23.5 Å². The first-order valence-electron chi connectivity index (χ1n) is 13.9. The fraction of sp³-hybridized carbons (Fsp3) is 0.132. The van der Waals surface area contributed by atoms with Gasteiger partial charge in [-0.15, -0.1) is 6.58 Å². The average Bonchev–Trinajstić information content (AvgIpc) is 3.67. The largest absolute Gasteiger partial charge is 2.00 e. The summed E-state index contributed by atoms with van der Waals surface area (Å²) in [5.41, 5.74) is 1.12. The number of rotatable bonds is 10. The van der Waals surface area contributed by atoms with Crippen molar-refractivity contribution < 1.29 is 31.6 Å². The van der Waals surface area contributed by atoms with Gasteiger partial charge in [-0.05, 0) is 68.4 Å². The van der Waals surface area contributed by atoms with Gasteiger partial charge in [-0.25, -0.2) is 0 Å². The zero-order valence-corrected chi connectivity index (χ0v) is 26.7. The Morgan fingerprint density at radius 2 is 1.09 bits per heavy atom. The molecule has 0 aliphatic heterocycles. The molecule has 4 aromatic carbocycles. The third-order valence-corrected chi connectivity index (χ3v) is 8.72. The van der Waals surface area contributed by atoms with Crippen LogP contribution in [0.15, 0.2) is 134 Å². The quantitative estimate of drug-likeness (QED) is 0.0748. The third-order valence-electron chi connectivity index (χ3n) is 6.28. The van der Waals surface area contributed by atoms with Crippen molar-refractivity contribution in [2.45, 2.75) is 25.6 Å². The van der Waals surface area contributed by atoms with Crippen LogP contribution < -0.4 is 21.2 Å². The Morgan fingerprint density at radius 1 is 0.750 bits per heavy atom. The van der Waals surface area contributed by atoms with Crippen molar-refractivity contribution >= 4 is 30.1 Å². The van der Waals surface area contributed by atoms with Gasteiger partial charge in [0.1, 0.15) is 0 Å². The van der Waals surface area contributed by atoms with Gasteiger partial charge in [0.05, 0.1) is 0 Å². The molecule has 225 valence electrons. The molecular formula is C38H38FeNO3P+. The first kappa shape index (κ1) is 38.9. The van der Waals surface area contributed by atoms with E-state index in [1.165, 1.54) is 15.9 Å². The van der Waals surface area contributed by atoms with Crippen molar-refractivity contribution in [1.29, 1.82) is 0 Å². The Hall–Kier alpha value is -3.10. The van der Waals surface area contributed by atoms with E-state index >= 15 is 0 Å². The molecule has 6 heteroatoms. The fourth-order valence-electron chi connectivity index (χ4n) is 4.16. The molecule has 2 N–H and O–H groups in total. The maximum Gasteiger partial charge on any atom is 2.00 e. The van der Waals surface area contributed by atoms with E-state index in [1.54, 1.807) is 13.0 Å². The van der Waals surface area contributed by atoms with Crippen LogP contribution in [-0.2, 0) is 33.1 Å². The molecular weight excluding hydrogens is 605 g/mol. The number of aliphatic hydroxyl groups is 1. The molecule has 1 aliphatic carbocycles. The number of aliphatic hydroxyl groups excluding tert-OH is 1. The minimum atomic E-state index is -0.737. The first-order valence-corrected chi connectivity index (χ1v) is 15.3. The SMILES string of the molecule is C=C[C@H](NCc1ccccc1)[C@@H]([C-]=O)[C@@H](C)O.[C-]#[O+].[CH]1[CH][CH][CH][CH]1.[Fe+2].c1ccc(P(c2ccccc2)c2ccccc2)cc1. The zero-order valence-electron chi connectivity index (χ0n) is 24.7. The van der Waals surface area contributed by atoms with Gasteiger partial charge in [0.15, 0.2) is 0 Å². The van der Waals surface area contributed by atoms with Crippen molar-refractivity contribution in [3.63, 3.8) is 0 Å². The van der Waals surface area contributed by atoms with Gasteiger partial charge < -0.3 is 15.2 Å². The number of carbonyl (C=O) groups excluding carboxylic acids is 1. The van der Waals surface area contributed by atoms with Gasteiger partial charge in [-0.3, -0.25) is 6.29 Å². The van der Waals surface area contributed by atoms with Gasteiger partial charge in [-0.1, -0.05) is 133 Å². The minimum Gasteiger partial charge on any atom is -0.0622 e. The summed E-state index contributed by atoms with van der Waals surface area (Å²) in [7, 11) is -0.446. The molecule has 0 bridgehead atoms. The molecule has 0 saturated heterocycles. The summed E-state index contributed by atoms with van der Waals surface area (Å²) in [6, 6.07) is 41.9. The van der Waals surface area contributed by atoms with E-state index in [0.29, 0.717) is 6.54 Å². The normalized spacial score (nSPS) is 13.5. The number of hydrogen-bond acceptors (Lipinski definition) is 3. The summed E-state index contributed by atoms with van der Waals surface area (Å²) < 4.78 is 7.50. The summed E-state index contributed by atoms with van der Waals surface area (Å²) in [6.07, 6.45) is 12.7. The first-order chi connectivity index (χ1) is 21.1. The van der Waals surface area contributed by atoms with E-state index in [-0.39, 0.29) is 23.1 Å².